The third-order valence-electron chi connectivity index (χ3n) is 4.40. The van der Waals surface area contributed by atoms with Crippen molar-refractivity contribution in [1.82, 2.24) is 5.32 Å². The van der Waals surface area contributed by atoms with Gasteiger partial charge in [0, 0.05) is 28.9 Å². The van der Waals surface area contributed by atoms with Crippen molar-refractivity contribution in [3.05, 3.63) is 58.6 Å². The molecular weight excluding hydrogens is 394 g/mol. The average molecular weight is 416 g/mol. The quantitative estimate of drug-likeness (QED) is 0.780. The summed E-state index contributed by atoms with van der Waals surface area (Å²) in [4.78, 5) is 26.6. The molecular formula is C20H22BrN3O2. The lowest BCUT2D eigenvalue weighted by Crippen LogP contribution is -2.33. The van der Waals surface area contributed by atoms with Gasteiger partial charge >= 0.3 is 0 Å². The summed E-state index contributed by atoms with van der Waals surface area (Å²) in [6, 6.07) is 15.0. The molecule has 1 aliphatic heterocycles. The molecule has 0 unspecified atom stereocenters. The molecule has 0 bridgehead atoms. The van der Waals surface area contributed by atoms with Crippen LogP contribution < -0.4 is 15.5 Å². The Morgan fingerprint density at radius 1 is 0.962 bits per heavy atom. The largest absolute Gasteiger partial charge is 0.372 e. The van der Waals surface area contributed by atoms with Crippen LogP contribution in [-0.2, 0) is 4.79 Å². The van der Waals surface area contributed by atoms with E-state index in [1.165, 1.54) is 24.9 Å². The molecule has 0 radical (unpaired) electrons. The highest BCUT2D eigenvalue weighted by atomic mass is 79.9. The molecule has 2 N–H and O–H groups in total. The number of hydrogen-bond acceptors (Lipinski definition) is 3. The Labute approximate surface area is 161 Å². The zero-order valence-corrected chi connectivity index (χ0v) is 16.1. The van der Waals surface area contributed by atoms with Gasteiger partial charge in [-0.05, 0) is 71.6 Å². The van der Waals surface area contributed by atoms with E-state index in [9.17, 15) is 9.59 Å². The van der Waals surface area contributed by atoms with Crippen LogP contribution in [0.25, 0.3) is 0 Å². The predicted molar refractivity (Wildman–Crippen MR) is 108 cm³/mol. The van der Waals surface area contributed by atoms with Gasteiger partial charge in [-0.15, -0.1) is 0 Å². The molecule has 0 atom stereocenters. The molecule has 136 valence electrons. The summed E-state index contributed by atoms with van der Waals surface area (Å²) >= 11 is 3.33. The Bertz CT molecular complexity index is 771. The number of hydrogen-bond donors (Lipinski definition) is 2. The van der Waals surface area contributed by atoms with E-state index in [1.54, 1.807) is 18.2 Å². The van der Waals surface area contributed by atoms with Crippen molar-refractivity contribution < 1.29 is 9.59 Å². The van der Waals surface area contributed by atoms with Gasteiger partial charge in [-0.1, -0.05) is 12.1 Å². The first-order valence-electron chi connectivity index (χ1n) is 8.81. The fourth-order valence-electron chi connectivity index (χ4n) is 3.01. The standard InChI is InChI=1S/C20H22BrN3O2/c21-18-7-3-2-6-17(18)20(26)22-14-19(25)23-15-8-10-16(11-9-15)24-12-4-1-5-13-24/h2-3,6-11H,1,4-5,12-14H2,(H,22,26)(H,23,25). The lowest BCUT2D eigenvalue weighted by molar-refractivity contribution is -0.115. The van der Waals surface area contributed by atoms with Crippen molar-refractivity contribution >= 4 is 39.1 Å². The van der Waals surface area contributed by atoms with Gasteiger partial charge in [-0.25, -0.2) is 0 Å². The fourth-order valence-corrected chi connectivity index (χ4v) is 3.48. The van der Waals surface area contributed by atoms with E-state index in [2.05, 4.69) is 31.5 Å². The Balaban J connectivity index is 1.50. The van der Waals surface area contributed by atoms with Crippen molar-refractivity contribution in [1.29, 1.82) is 0 Å². The molecule has 0 aromatic heterocycles. The maximum Gasteiger partial charge on any atom is 0.252 e. The van der Waals surface area contributed by atoms with Gasteiger partial charge in [-0.3, -0.25) is 9.59 Å². The van der Waals surface area contributed by atoms with E-state index in [4.69, 9.17) is 0 Å². The summed E-state index contributed by atoms with van der Waals surface area (Å²) < 4.78 is 0.700. The second-order valence-electron chi connectivity index (χ2n) is 6.31. The molecule has 2 aromatic rings. The number of rotatable bonds is 5. The number of carbonyl (C=O) groups excluding carboxylic acids is 2. The number of benzene rings is 2. The highest BCUT2D eigenvalue weighted by Crippen LogP contribution is 2.21. The third-order valence-corrected chi connectivity index (χ3v) is 5.09. The zero-order chi connectivity index (χ0) is 18.4. The Morgan fingerprint density at radius 3 is 2.35 bits per heavy atom. The molecule has 2 aromatic carbocycles. The van der Waals surface area contributed by atoms with Crippen molar-refractivity contribution in [3.63, 3.8) is 0 Å². The van der Waals surface area contributed by atoms with Crippen LogP contribution in [0.5, 0.6) is 0 Å². The van der Waals surface area contributed by atoms with Crippen molar-refractivity contribution in [2.45, 2.75) is 19.3 Å². The van der Waals surface area contributed by atoms with Crippen LogP contribution in [0, 0.1) is 0 Å². The second kappa shape index (κ2) is 8.85. The first-order chi connectivity index (χ1) is 12.6. The summed E-state index contributed by atoms with van der Waals surface area (Å²) in [5, 5.41) is 5.44. The molecule has 2 amide bonds. The van der Waals surface area contributed by atoms with Crippen LogP contribution in [0.1, 0.15) is 29.6 Å². The fraction of sp³-hybridized carbons (Fsp3) is 0.300. The molecule has 5 nitrogen and oxygen atoms in total. The Morgan fingerprint density at radius 2 is 1.65 bits per heavy atom. The van der Waals surface area contributed by atoms with Crippen LogP contribution in [0.3, 0.4) is 0 Å². The molecule has 1 saturated heterocycles. The monoisotopic (exact) mass is 415 g/mol. The van der Waals surface area contributed by atoms with Gasteiger partial charge in [0.25, 0.3) is 5.91 Å². The smallest absolute Gasteiger partial charge is 0.252 e. The van der Waals surface area contributed by atoms with E-state index in [-0.39, 0.29) is 18.4 Å². The number of halogens is 1. The number of anilines is 2. The first kappa shape index (κ1) is 18.5. The Hall–Kier alpha value is -2.34. The lowest BCUT2D eigenvalue weighted by atomic mass is 10.1. The minimum absolute atomic E-state index is 0.0754. The molecule has 3 rings (SSSR count). The van der Waals surface area contributed by atoms with Crippen molar-refractivity contribution in [2.75, 3.05) is 29.9 Å². The molecule has 0 saturated carbocycles. The number of carbonyl (C=O) groups is 2. The van der Waals surface area contributed by atoms with Crippen LogP contribution in [0.15, 0.2) is 53.0 Å². The number of nitrogens with zero attached hydrogens (tertiary/aromatic N) is 1. The van der Waals surface area contributed by atoms with E-state index in [0.29, 0.717) is 10.0 Å². The van der Waals surface area contributed by atoms with Gasteiger partial charge in [0.1, 0.15) is 0 Å². The predicted octanol–water partition coefficient (Wildman–Crippen LogP) is 3.81. The van der Waals surface area contributed by atoms with Crippen molar-refractivity contribution in [3.8, 4) is 0 Å². The highest BCUT2D eigenvalue weighted by molar-refractivity contribution is 9.10. The van der Waals surface area contributed by atoms with E-state index in [0.717, 1.165) is 18.8 Å². The number of piperidine rings is 1. The van der Waals surface area contributed by atoms with Crippen LogP contribution >= 0.6 is 15.9 Å². The zero-order valence-electron chi connectivity index (χ0n) is 14.5. The normalized spacial score (nSPS) is 14.0. The summed E-state index contributed by atoms with van der Waals surface area (Å²) in [6.45, 7) is 2.10. The SMILES string of the molecule is O=C(CNC(=O)c1ccccc1Br)Nc1ccc(N2CCCCC2)cc1. The molecule has 26 heavy (non-hydrogen) atoms. The molecule has 1 fully saturated rings. The number of nitrogens with one attached hydrogen (secondary N) is 2. The molecule has 1 heterocycles. The summed E-state index contributed by atoms with van der Waals surface area (Å²) in [6.07, 6.45) is 3.77. The average Bonchev–Trinajstić information content (AvgIpc) is 2.68. The van der Waals surface area contributed by atoms with Gasteiger partial charge in [0.2, 0.25) is 5.91 Å². The Kier molecular flexibility index (Phi) is 6.28. The maximum absolute atomic E-state index is 12.1. The van der Waals surface area contributed by atoms with Crippen LogP contribution in [0.4, 0.5) is 11.4 Å². The first-order valence-corrected chi connectivity index (χ1v) is 9.60. The summed E-state index contributed by atoms with van der Waals surface area (Å²) in [5.74, 6) is -0.538. The minimum Gasteiger partial charge on any atom is -0.372 e. The third kappa shape index (κ3) is 4.85. The van der Waals surface area contributed by atoms with Crippen LogP contribution in [-0.4, -0.2) is 31.4 Å². The summed E-state index contributed by atoms with van der Waals surface area (Å²) in [7, 11) is 0. The van der Waals surface area contributed by atoms with Gasteiger partial charge in [0.15, 0.2) is 0 Å². The molecule has 0 aliphatic carbocycles. The topological polar surface area (TPSA) is 61.4 Å². The molecule has 1 aliphatic rings. The summed E-state index contributed by atoms with van der Waals surface area (Å²) in [5.41, 5.74) is 2.42. The van der Waals surface area contributed by atoms with Gasteiger partial charge < -0.3 is 15.5 Å². The minimum atomic E-state index is -0.284. The van der Waals surface area contributed by atoms with E-state index >= 15 is 0 Å². The maximum atomic E-state index is 12.1. The van der Waals surface area contributed by atoms with Crippen LogP contribution in [0.2, 0.25) is 0 Å². The second-order valence-corrected chi connectivity index (χ2v) is 7.16. The highest BCUT2D eigenvalue weighted by Gasteiger charge is 2.12. The van der Waals surface area contributed by atoms with E-state index < -0.39 is 0 Å². The van der Waals surface area contributed by atoms with Gasteiger partial charge in [-0.2, -0.15) is 0 Å². The van der Waals surface area contributed by atoms with Crippen molar-refractivity contribution in [2.24, 2.45) is 0 Å². The molecule has 0 spiro atoms. The van der Waals surface area contributed by atoms with Gasteiger partial charge in [0.05, 0.1) is 12.1 Å². The van der Waals surface area contributed by atoms with E-state index in [1.807, 2.05) is 30.3 Å². The molecule has 6 heteroatoms. The number of amides is 2. The lowest BCUT2D eigenvalue weighted by Gasteiger charge is -2.28.